The Hall–Kier alpha value is -0.640. The molecule has 14 heavy (non-hydrogen) atoms. The summed E-state index contributed by atoms with van der Waals surface area (Å²) in [7, 11) is 0. The number of thiophene rings is 1. The quantitative estimate of drug-likeness (QED) is 0.558. The maximum absolute atomic E-state index is 5.71. The van der Waals surface area contributed by atoms with E-state index in [4.69, 9.17) is 5.73 Å². The molecule has 0 saturated carbocycles. The van der Waals surface area contributed by atoms with E-state index in [1.807, 2.05) is 17.4 Å². The number of rotatable bonds is 6. The average Bonchev–Trinajstić information content (AvgIpc) is 2.60. The molecule has 0 aliphatic heterocycles. The van der Waals surface area contributed by atoms with Crippen molar-refractivity contribution in [2.24, 2.45) is 5.73 Å². The Morgan fingerprint density at radius 1 is 1.64 bits per heavy atom. The fourth-order valence-electron chi connectivity index (χ4n) is 1.30. The third-order valence-corrected chi connectivity index (χ3v) is 3.19. The van der Waals surface area contributed by atoms with Gasteiger partial charge in [-0.15, -0.1) is 17.9 Å². The second-order valence-corrected chi connectivity index (χ2v) is 4.59. The van der Waals surface area contributed by atoms with Crippen LogP contribution in [0.25, 0.3) is 0 Å². The van der Waals surface area contributed by atoms with Crippen LogP contribution in [0.3, 0.4) is 0 Å². The Bertz CT molecular complexity index is 281. The number of nitrogens with one attached hydrogen (secondary N) is 1. The summed E-state index contributed by atoms with van der Waals surface area (Å²) in [6, 6.07) is 4.59. The van der Waals surface area contributed by atoms with Gasteiger partial charge in [0.2, 0.25) is 0 Å². The molecule has 0 aliphatic carbocycles. The van der Waals surface area contributed by atoms with Crippen molar-refractivity contribution in [1.82, 2.24) is 5.32 Å². The SMILES string of the molecule is C=CCCNC(CN)c1ccc(C)s1. The zero-order chi connectivity index (χ0) is 10.4. The molecule has 0 spiro atoms. The van der Waals surface area contributed by atoms with Gasteiger partial charge >= 0.3 is 0 Å². The molecule has 78 valence electrons. The van der Waals surface area contributed by atoms with Crippen LogP contribution in [-0.4, -0.2) is 13.1 Å². The highest BCUT2D eigenvalue weighted by atomic mass is 32.1. The maximum atomic E-state index is 5.71. The zero-order valence-electron chi connectivity index (χ0n) is 8.62. The molecule has 0 saturated heterocycles. The van der Waals surface area contributed by atoms with Crippen LogP contribution in [0.1, 0.15) is 22.2 Å². The standard InChI is InChI=1S/C11H18N2S/c1-3-4-7-13-10(8-12)11-6-5-9(2)14-11/h3,5-6,10,13H,1,4,7-8,12H2,2H3. The summed E-state index contributed by atoms with van der Waals surface area (Å²) in [4.78, 5) is 2.66. The lowest BCUT2D eigenvalue weighted by molar-refractivity contribution is 0.556. The van der Waals surface area contributed by atoms with Crippen molar-refractivity contribution >= 4 is 11.3 Å². The van der Waals surface area contributed by atoms with E-state index in [9.17, 15) is 0 Å². The van der Waals surface area contributed by atoms with Gasteiger partial charge in [-0.3, -0.25) is 0 Å². The first-order chi connectivity index (χ1) is 6.77. The fourth-order valence-corrected chi connectivity index (χ4v) is 2.27. The summed E-state index contributed by atoms with van der Waals surface area (Å²) in [5.74, 6) is 0. The van der Waals surface area contributed by atoms with Gasteiger partial charge in [-0.2, -0.15) is 0 Å². The zero-order valence-corrected chi connectivity index (χ0v) is 9.44. The minimum atomic E-state index is 0.300. The maximum Gasteiger partial charge on any atom is 0.0539 e. The van der Waals surface area contributed by atoms with E-state index >= 15 is 0 Å². The smallest absolute Gasteiger partial charge is 0.0539 e. The average molecular weight is 210 g/mol. The molecule has 1 atom stereocenters. The van der Waals surface area contributed by atoms with Crippen LogP contribution >= 0.6 is 11.3 Å². The van der Waals surface area contributed by atoms with Gasteiger partial charge in [-0.25, -0.2) is 0 Å². The lowest BCUT2D eigenvalue weighted by Crippen LogP contribution is -2.28. The summed E-state index contributed by atoms with van der Waals surface area (Å²) in [5.41, 5.74) is 5.71. The van der Waals surface area contributed by atoms with Crippen LogP contribution in [0.15, 0.2) is 24.8 Å². The number of aryl methyl sites for hydroxylation is 1. The van der Waals surface area contributed by atoms with Crippen molar-refractivity contribution in [1.29, 1.82) is 0 Å². The van der Waals surface area contributed by atoms with E-state index in [0.717, 1.165) is 13.0 Å². The van der Waals surface area contributed by atoms with Gasteiger partial charge in [-0.1, -0.05) is 6.08 Å². The molecule has 1 heterocycles. The lowest BCUT2D eigenvalue weighted by Gasteiger charge is -2.14. The predicted molar refractivity (Wildman–Crippen MR) is 63.7 cm³/mol. The molecule has 0 bridgehead atoms. The summed E-state index contributed by atoms with van der Waals surface area (Å²) in [6.45, 7) is 7.40. The van der Waals surface area contributed by atoms with Crippen LogP contribution in [0.5, 0.6) is 0 Å². The van der Waals surface area contributed by atoms with E-state index in [-0.39, 0.29) is 0 Å². The van der Waals surface area contributed by atoms with Crippen LogP contribution in [-0.2, 0) is 0 Å². The number of hydrogen-bond donors (Lipinski definition) is 2. The minimum Gasteiger partial charge on any atom is -0.329 e. The van der Waals surface area contributed by atoms with Gasteiger partial charge < -0.3 is 11.1 Å². The number of hydrogen-bond acceptors (Lipinski definition) is 3. The summed E-state index contributed by atoms with van der Waals surface area (Å²) in [5, 5.41) is 3.41. The molecule has 2 nitrogen and oxygen atoms in total. The Balaban J connectivity index is 2.49. The van der Waals surface area contributed by atoms with E-state index in [0.29, 0.717) is 12.6 Å². The molecule has 3 heteroatoms. The van der Waals surface area contributed by atoms with Crippen molar-refractivity contribution in [2.75, 3.05) is 13.1 Å². The molecule has 1 unspecified atom stereocenters. The predicted octanol–water partition coefficient (Wildman–Crippen LogP) is 2.22. The van der Waals surface area contributed by atoms with Crippen molar-refractivity contribution in [3.8, 4) is 0 Å². The van der Waals surface area contributed by atoms with E-state index in [1.165, 1.54) is 9.75 Å². The van der Waals surface area contributed by atoms with Gasteiger partial charge in [0.25, 0.3) is 0 Å². The highest BCUT2D eigenvalue weighted by Gasteiger charge is 2.09. The van der Waals surface area contributed by atoms with Crippen molar-refractivity contribution < 1.29 is 0 Å². The summed E-state index contributed by atoms with van der Waals surface area (Å²) >= 11 is 1.81. The topological polar surface area (TPSA) is 38.0 Å². The minimum absolute atomic E-state index is 0.300. The Morgan fingerprint density at radius 2 is 2.43 bits per heavy atom. The fraction of sp³-hybridized carbons (Fsp3) is 0.455. The first-order valence-corrected chi connectivity index (χ1v) is 5.70. The molecule has 0 fully saturated rings. The van der Waals surface area contributed by atoms with E-state index in [1.54, 1.807) is 0 Å². The summed E-state index contributed by atoms with van der Waals surface area (Å²) in [6.07, 6.45) is 2.90. The molecule has 1 aromatic heterocycles. The van der Waals surface area contributed by atoms with Crippen molar-refractivity contribution in [2.45, 2.75) is 19.4 Å². The molecule has 0 aliphatic rings. The Kier molecular flexibility index (Phi) is 4.87. The third kappa shape index (κ3) is 3.25. The molecule has 0 aromatic carbocycles. The van der Waals surface area contributed by atoms with Crippen molar-refractivity contribution in [3.05, 3.63) is 34.5 Å². The van der Waals surface area contributed by atoms with Gasteiger partial charge in [0.1, 0.15) is 0 Å². The molecule has 0 amide bonds. The molecule has 0 radical (unpaired) electrons. The normalized spacial score (nSPS) is 12.7. The molecular weight excluding hydrogens is 192 g/mol. The van der Waals surface area contributed by atoms with Gasteiger partial charge in [0.05, 0.1) is 6.04 Å². The second kappa shape index (κ2) is 5.96. The largest absolute Gasteiger partial charge is 0.329 e. The molecule has 3 N–H and O–H groups in total. The monoisotopic (exact) mass is 210 g/mol. The third-order valence-electron chi connectivity index (χ3n) is 2.08. The van der Waals surface area contributed by atoms with Gasteiger partial charge in [0.15, 0.2) is 0 Å². The lowest BCUT2D eigenvalue weighted by atomic mass is 10.2. The second-order valence-electron chi connectivity index (χ2n) is 3.27. The molecule has 1 rings (SSSR count). The van der Waals surface area contributed by atoms with E-state index < -0.39 is 0 Å². The number of nitrogens with two attached hydrogens (primary N) is 1. The Morgan fingerprint density at radius 3 is 2.93 bits per heavy atom. The molecular formula is C11H18N2S. The summed E-state index contributed by atoms with van der Waals surface area (Å²) < 4.78 is 0. The van der Waals surface area contributed by atoms with Crippen LogP contribution in [0.2, 0.25) is 0 Å². The van der Waals surface area contributed by atoms with Crippen LogP contribution in [0, 0.1) is 6.92 Å². The first-order valence-electron chi connectivity index (χ1n) is 4.88. The Labute approximate surface area is 89.8 Å². The highest BCUT2D eigenvalue weighted by Crippen LogP contribution is 2.21. The molecule has 1 aromatic rings. The van der Waals surface area contributed by atoms with Crippen LogP contribution < -0.4 is 11.1 Å². The van der Waals surface area contributed by atoms with Crippen LogP contribution in [0.4, 0.5) is 0 Å². The first kappa shape index (κ1) is 11.4. The van der Waals surface area contributed by atoms with Crippen molar-refractivity contribution in [3.63, 3.8) is 0 Å². The van der Waals surface area contributed by atoms with E-state index in [2.05, 4.69) is 31.0 Å². The van der Waals surface area contributed by atoms with Gasteiger partial charge in [0, 0.05) is 16.3 Å². The van der Waals surface area contributed by atoms with Gasteiger partial charge in [-0.05, 0) is 32.0 Å². The highest BCUT2D eigenvalue weighted by molar-refractivity contribution is 7.12.